The van der Waals surface area contributed by atoms with Crippen molar-refractivity contribution in [3.63, 3.8) is 0 Å². The second kappa shape index (κ2) is 9.99. The molecule has 1 saturated carbocycles. The van der Waals surface area contributed by atoms with E-state index >= 15 is 0 Å². The average Bonchev–Trinajstić information content (AvgIpc) is 3.57. The SMILES string of the molecule is CN(C)CCOc1cccc(-c2cc3cc(N(C)c4cc(C(=O)NC5CC5)ccc4F)cnc3[nH]2)c1. The lowest BCUT2D eigenvalue weighted by Gasteiger charge is -2.20. The zero-order chi connectivity index (χ0) is 25.2. The quantitative estimate of drug-likeness (QED) is 0.349. The number of likely N-dealkylation sites (N-methyl/N-ethyl adjacent to an activating group) is 1. The highest BCUT2D eigenvalue weighted by Gasteiger charge is 2.24. The molecule has 7 nitrogen and oxygen atoms in total. The molecule has 0 bridgehead atoms. The molecular formula is C28H30FN5O2. The van der Waals surface area contributed by atoms with Crippen LogP contribution in [0.25, 0.3) is 22.3 Å². The van der Waals surface area contributed by atoms with Gasteiger partial charge >= 0.3 is 0 Å². The Kier molecular flexibility index (Phi) is 6.61. The molecule has 5 rings (SSSR count). The number of H-pyrrole nitrogens is 1. The highest BCUT2D eigenvalue weighted by molar-refractivity contribution is 5.96. The average molecular weight is 488 g/mol. The highest BCUT2D eigenvalue weighted by Crippen LogP contribution is 2.31. The first-order valence-electron chi connectivity index (χ1n) is 12.1. The molecule has 0 unspecified atom stereocenters. The van der Waals surface area contributed by atoms with E-state index in [1.54, 1.807) is 24.2 Å². The van der Waals surface area contributed by atoms with Crippen LogP contribution in [0.1, 0.15) is 23.2 Å². The van der Waals surface area contributed by atoms with Crippen LogP contribution in [-0.4, -0.2) is 61.1 Å². The zero-order valence-electron chi connectivity index (χ0n) is 20.7. The van der Waals surface area contributed by atoms with Crippen molar-refractivity contribution in [1.82, 2.24) is 20.2 Å². The summed E-state index contributed by atoms with van der Waals surface area (Å²) in [7, 11) is 5.80. The Morgan fingerprint density at radius 3 is 2.75 bits per heavy atom. The summed E-state index contributed by atoms with van der Waals surface area (Å²) < 4.78 is 20.6. The van der Waals surface area contributed by atoms with E-state index in [2.05, 4.69) is 20.2 Å². The van der Waals surface area contributed by atoms with Crippen molar-refractivity contribution in [2.75, 3.05) is 39.2 Å². The number of aromatic nitrogens is 2. The van der Waals surface area contributed by atoms with Gasteiger partial charge in [0.1, 0.15) is 23.8 Å². The molecule has 2 heterocycles. The molecule has 36 heavy (non-hydrogen) atoms. The number of nitrogens with zero attached hydrogens (tertiary/aromatic N) is 3. The first-order valence-corrected chi connectivity index (χ1v) is 12.1. The molecule has 0 aliphatic heterocycles. The van der Waals surface area contributed by atoms with E-state index < -0.39 is 5.82 Å². The number of pyridine rings is 1. The number of amides is 1. The molecule has 4 aromatic rings. The van der Waals surface area contributed by atoms with Crippen LogP contribution in [0, 0.1) is 5.82 Å². The van der Waals surface area contributed by atoms with Crippen LogP contribution in [0.2, 0.25) is 0 Å². The number of rotatable bonds is 9. The molecule has 186 valence electrons. The fourth-order valence-corrected chi connectivity index (χ4v) is 3.99. The number of nitrogens with one attached hydrogen (secondary N) is 2. The number of ether oxygens (including phenoxy) is 1. The van der Waals surface area contributed by atoms with E-state index in [9.17, 15) is 9.18 Å². The molecule has 1 amide bonds. The van der Waals surface area contributed by atoms with E-state index in [1.165, 1.54) is 12.1 Å². The number of hydrogen-bond donors (Lipinski definition) is 2. The second-order valence-electron chi connectivity index (χ2n) is 9.47. The summed E-state index contributed by atoms with van der Waals surface area (Å²) in [6, 6.07) is 16.6. The molecule has 1 aliphatic rings. The third kappa shape index (κ3) is 5.33. The molecule has 2 N–H and O–H groups in total. The topological polar surface area (TPSA) is 73.5 Å². The van der Waals surface area contributed by atoms with Crippen LogP contribution in [0.5, 0.6) is 5.75 Å². The second-order valence-corrected chi connectivity index (χ2v) is 9.47. The van der Waals surface area contributed by atoms with Gasteiger partial charge in [-0.15, -0.1) is 0 Å². The predicted octanol–water partition coefficient (Wildman–Crippen LogP) is 4.97. The van der Waals surface area contributed by atoms with Gasteiger partial charge in [0.15, 0.2) is 0 Å². The number of carbonyl (C=O) groups is 1. The smallest absolute Gasteiger partial charge is 0.251 e. The maximum Gasteiger partial charge on any atom is 0.251 e. The Labute approximate surface area is 209 Å². The van der Waals surface area contributed by atoms with Crippen LogP contribution in [0.4, 0.5) is 15.8 Å². The summed E-state index contributed by atoms with van der Waals surface area (Å²) in [4.78, 5) is 24.2. The molecule has 1 fully saturated rings. The monoisotopic (exact) mass is 487 g/mol. The van der Waals surface area contributed by atoms with Gasteiger partial charge in [-0.3, -0.25) is 4.79 Å². The summed E-state index contributed by atoms with van der Waals surface area (Å²) in [6.45, 7) is 1.45. The third-order valence-electron chi connectivity index (χ3n) is 6.28. The number of anilines is 2. The molecule has 0 radical (unpaired) electrons. The number of aromatic amines is 1. The van der Waals surface area contributed by atoms with Crippen molar-refractivity contribution in [2.45, 2.75) is 18.9 Å². The van der Waals surface area contributed by atoms with Crippen LogP contribution in [-0.2, 0) is 0 Å². The molecule has 0 atom stereocenters. The Bertz CT molecular complexity index is 1400. The van der Waals surface area contributed by atoms with E-state index in [-0.39, 0.29) is 11.9 Å². The first kappa shape index (κ1) is 23.8. The normalized spacial score (nSPS) is 13.2. The first-order chi connectivity index (χ1) is 17.4. The minimum Gasteiger partial charge on any atom is -0.492 e. The van der Waals surface area contributed by atoms with Crippen LogP contribution in [0.3, 0.4) is 0 Å². The van der Waals surface area contributed by atoms with Gasteiger partial charge in [0.2, 0.25) is 0 Å². The van der Waals surface area contributed by atoms with Crippen molar-refractivity contribution < 1.29 is 13.9 Å². The Morgan fingerprint density at radius 1 is 1.14 bits per heavy atom. The van der Waals surface area contributed by atoms with Crippen molar-refractivity contribution >= 4 is 28.3 Å². The number of halogens is 1. The third-order valence-corrected chi connectivity index (χ3v) is 6.28. The van der Waals surface area contributed by atoms with Crippen molar-refractivity contribution in [2.24, 2.45) is 0 Å². The molecule has 0 saturated heterocycles. The number of benzene rings is 2. The fourth-order valence-electron chi connectivity index (χ4n) is 3.99. The number of carbonyl (C=O) groups excluding carboxylic acids is 1. The summed E-state index contributed by atoms with van der Waals surface area (Å²) in [5.41, 5.74) is 4.12. The van der Waals surface area contributed by atoms with Gasteiger partial charge < -0.3 is 24.8 Å². The molecule has 2 aromatic carbocycles. The van der Waals surface area contributed by atoms with E-state index in [1.807, 2.05) is 50.5 Å². The van der Waals surface area contributed by atoms with Gasteiger partial charge in [-0.25, -0.2) is 9.37 Å². The molecule has 8 heteroatoms. The van der Waals surface area contributed by atoms with Crippen LogP contribution < -0.4 is 15.0 Å². The fraction of sp³-hybridized carbons (Fsp3) is 0.286. The van der Waals surface area contributed by atoms with Gasteiger partial charge in [0.05, 0.1) is 17.6 Å². The molecular weight excluding hydrogens is 457 g/mol. The van der Waals surface area contributed by atoms with Crippen molar-refractivity contribution in [3.05, 3.63) is 72.2 Å². The maximum absolute atomic E-state index is 14.7. The molecule has 1 aliphatic carbocycles. The zero-order valence-corrected chi connectivity index (χ0v) is 20.7. The summed E-state index contributed by atoms with van der Waals surface area (Å²) in [5, 5.41) is 3.85. The molecule has 2 aromatic heterocycles. The van der Waals surface area contributed by atoms with Crippen LogP contribution >= 0.6 is 0 Å². The lowest BCUT2D eigenvalue weighted by Crippen LogP contribution is -2.25. The van der Waals surface area contributed by atoms with Gasteiger partial charge in [0.25, 0.3) is 5.91 Å². The highest BCUT2D eigenvalue weighted by atomic mass is 19.1. The lowest BCUT2D eigenvalue weighted by molar-refractivity contribution is 0.0951. The summed E-state index contributed by atoms with van der Waals surface area (Å²) in [6.07, 6.45) is 3.69. The van der Waals surface area contributed by atoms with E-state index in [0.29, 0.717) is 23.5 Å². The van der Waals surface area contributed by atoms with Gasteiger partial charge in [-0.05, 0) is 69.4 Å². The van der Waals surface area contributed by atoms with Gasteiger partial charge in [-0.1, -0.05) is 12.1 Å². The van der Waals surface area contributed by atoms with Crippen molar-refractivity contribution in [1.29, 1.82) is 0 Å². The number of hydrogen-bond acceptors (Lipinski definition) is 5. The minimum atomic E-state index is -0.401. The van der Waals surface area contributed by atoms with Gasteiger partial charge in [0, 0.05) is 41.8 Å². The van der Waals surface area contributed by atoms with Gasteiger partial charge in [-0.2, -0.15) is 0 Å². The van der Waals surface area contributed by atoms with E-state index in [0.717, 1.165) is 47.4 Å². The Balaban J connectivity index is 1.38. The maximum atomic E-state index is 14.7. The lowest BCUT2D eigenvalue weighted by atomic mass is 10.1. The van der Waals surface area contributed by atoms with Crippen LogP contribution in [0.15, 0.2) is 60.8 Å². The number of fused-ring (bicyclic) bond motifs is 1. The minimum absolute atomic E-state index is 0.177. The standard InChI is InChI=1S/C28H30FN5O2/c1-33(2)11-12-36-23-6-4-5-18(14-23)25-15-20-13-22(17-30-27(20)32-25)34(3)26-16-19(7-10-24(26)29)28(35)31-21-8-9-21/h4-7,10,13-17,21H,8-9,11-12H2,1-3H3,(H,30,32)(H,31,35). The largest absolute Gasteiger partial charge is 0.492 e. The van der Waals surface area contributed by atoms with Crippen molar-refractivity contribution in [3.8, 4) is 17.0 Å². The Morgan fingerprint density at radius 2 is 1.97 bits per heavy atom. The van der Waals surface area contributed by atoms with E-state index in [4.69, 9.17) is 4.74 Å². The predicted molar refractivity (Wildman–Crippen MR) is 141 cm³/mol. The summed E-state index contributed by atoms with van der Waals surface area (Å²) in [5.74, 6) is 0.229. The Hall–Kier alpha value is -3.91. The molecule has 0 spiro atoms. The summed E-state index contributed by atoms with van der Waals surface area (Å²) >= 11 is 0.